The number of para-hydroxylation sites is 2. The number of carbonyl (C=O) groups excluding carboxylic acids is 2. The first-order chi connectivity index (χ1) is 10.6. The molecule has 0 spiro atoms. The van der Waals surface area contributed by atoms with Gasteiger partial charge in [0.05, 0.1) is 18.7 Å². The van der Waals surface area contributed by atoms with Crippen LogP contribution in [0.2, 0.25) is 0 Å². The fraction of sp³-hybridized carbons (Fsp3) is 0.500. The summed E-state index contributed by atoms with van der Waals surface area (Å²) >= 11 is 0. The minimum Gasteiger partial charge on any atom is -0.495 e. The third kappa shape index (κ3) is 3.43. The lowest BCUT2D eigenvalue weighted by molar-refractivity contribution is -0.134. The first-order valence-corrected chi connectivity index (χ1v) is 7.58. The number of benzene rings is 1. The van der Waals surface area contributed by atoms with Crippen molar-refractivity contribution in [2.45, 2.75) is 18.9 Å². The summed E-state index contributed by atoms with van der Waals surface area (Å²) in [5.74, 6) is 0.361. The second-order valence-corrected chi connectivity index (χ2v) is 5.91. The summed E-state index contributed by atoms with van der Waals surface area (Å²) in [7, 11) is 1.58. The normalized spacial score (nSPS) is 23.8. The highest BCUT2D eigenvalue weighted by atomic mass is 35.5. The number of hydrogen-bond acceptors (Lipinski definition) is 4. The minimum atomic E-state index is -0.289. The van der Waals surface area contributed by atoms with Gasteiger partial charge in [0.2, 0.25) is 11.8 Å². The molecular weight excluding hydrogens is 318 g/mol. The molecule has 0 bridgehead atoms. The van der Waals surface area contributed by atoms with E-state index in [4.69, 9.17) is 10.5 Å². The Balaban J connectivity index is 0.00000192. The molecule has 2 saturated heterocycles. The molecule has 1 unspecified atom stereocenters. The Morgan fingerprint density at radius 1 is 1.30 bits per heavy atom. The monoisotopic (exact) mass is 339 g/mol. The molecule has 0 aromatic heterocycles. The molecule has 2 N–H and O–H groups in total. The molecule has 7 heteroatoms. The zero-order valence-electron chi connectivity index (χ0n) is 13.1. The molecule has 6 nitrogen and oxygen atoms in total. The van der Waals surface area contributed by atoms with Crippen molar-refractivity contribution in [3.05, 3.63) is 24.3 Å². The van der Waals surface area contributed by atoms with Crippen LogP contribution in [0.25, 0.3) is 0 Å². The standard InChI is InChI=1S/C16H21N3O3.ClH/c1-22-14-5-3-2-4-13(14)19-9-11(8-15(19)20)16(21)18-7-6-12(17)10-18;/h2-5,11-12H,6-10,17H2,1H3;1H/t11?,12-;/m1./s1. The van der Waals surface area contributed by atoms with Crippen LogP contribution in [0.4, 0.5) is 5.69 Å². The number of ether oxygens (including phenoxy) is 1. The summed E-state index contributed by atoms with van der Waals surface area (Å²) in [6.07, 6.45) is 1.09. The van der Waals surface area contributed by atoms with Crippen LogP contribution >= 0.6 is 12.4 Å². The summed E-state index contributed by atoms with van der Waals surface area (Å²) in [4.78, 5) is 28.3. The van der Waals surface area contributed by atoms with E-state index in [2.05, 4.69) is 0 Å². The van der Waals surface area contributed by atoms with Gasteiger partial charge in [0, 0.05) is 32.1 Å². The maximum absolute atomic E-state index is 12.5. The fourth-order valence-corrected chi connectivity index (χ4v) is 3.20. The van der Waals surface area contributed by atoms with Gasteiger partial charge >= 0.3 is 0 Å². The molecule has 2 atom stereocenters. The van der Waals surface area contributed by atoms with Crippen LogP contribution in [-0.4, -0.2) is 49.5 Å². The zero-order chi connectivity index (χ0) is 15.7. The fourth-order valence-electron chi connectivity index (χ4n) is 3.20. The van der Waals surface area contributed by atoms with E-state index in [-0.39, 0.29) is 42.6 Å². The topological polar surface area (TPSA) is 75.9 Å². The Hall–Kier alpha value is -1.79. The third-order valence-electron chi connectivity index (χ3n) is 4.39. The highest BCUT2D eigenvalue weighted by molar-refractivity contribution is 6.01. The number of anilines is 1. The van der Waals surface area contributed by atoms with E-state index in [1.807, 2.05) is 24.3 Å². The first kappa shape index (κ1) is 17.6. The van der Waals surface area contributed by atoms with Crippen molar-refractivity contribution >= 4 is 29.9 Å². The predicted molar refractivity (Wildman–Crippen MR) is 89.9 cm³/mol. The van der Waals surface area contributed by atoms with Gasteiger partial charge in [0.1, 0.15) is 5.75 Å². The summed E-state index contributed by atoms with van der Waals surface area (Å²) in [5, 5.41) is 0. The van der Waals surface area contributed by atoms with Crippen LogP contribution in [0.5, 0.6) is 5.75 Å². The van der Waals surface area contributed by atoms with Gasteiger partial charge in [-0.05, 0) is 18.6 Å². The molecule has 1 aromatic rings. The van der Waals surface area contributed by atoms with Crippen LogP contribution in [-0.2, 0) is 9.59 Å². The SMILES string of the molecule is COc1ccccc1N1CC(C(=O)N2CC[C@@H](N)C2)CC1=O.Cl. The lowest BCUT2D eigenvalue weighted by Gasteiger charge is -2.21. The first-order valence-electron chi connectivity index (χ1n) is 7.58. The zero-order valence-corrected chi connectivity index (χ0v) is 13.9. The molecule has 2 amide bonds. The van der Waals surface area contributed by atoms with E-state index in [0.29, 0.717) is 25.4 Å². The van der Waals surface area contributed by atoms with Crippen LogP contribution < -0.4 is 15.4 Å². The molecular formula is C16H22ClN3O3. The second-order valence-electron chi connectivity index (χ2n) is 5.91. The lowest BCUT2D eigenvalue weighted by atomic mass is 10.1. The van der Waals surface area contributed by atoms with Crippen molar-refractivity contribution in [1.82, 2.24) is 4.90 Å². The van der Waals surface area contributed by atoms with Gasteiger partial charge in [-0.1, -0.05) is 12.1 Å². The molecule has 0 saturated carbocycles. The third-order valence-corrected chi connectivity index (χ3v) is 4.39. The number of methoxy groups -OCH3 is 1. The van der Waals surface area contributed by atoms with E-state index in [9.17, 15) is 9.59 Å². The van der Waals surface area contributed by atoms with Crippen LogP contribution in [0.15, 0.2) is 24.3 Å². The molecule has 3 rings (SSSR count). The lowest BCUT2D eigenvalue weighted by Crippen LogP contribution is -2.37. The molecule has 2 fully saturated rings. The van der Waals surface area contributed by atoms with Crippen molar-refractivity contribution in [3.8, 4) is 5.75 Å². The van der Waals surface area contributed by atoms with Crippen LogP contribution in [0.3, 0.4) is 0 Å². The van der Waals surface area contributed by atoms with Crippen LogP contribution in [0, 0.1) is 5.92 Å². The summed E-state index contributed by atoms with van der Waals surface area (Å²) in [6, 6.07) is 7.44. The largest absolute Gasteiger partial charge is 0.495 e. The van der Waals surface area contributed by atoms with Gasteiger partial charge in [-0.3, -0.25) is 9.59 Å². The maximum Gasteiger partial charge on any atom is 0.228 e. The van der Waals surface area contributed by atoms with Crippen molar-refractivity contribution < 1.29 is 14.3 Å². The highest BCUT2D eigenvalue weighted by Gasteiger charge is 2.39. The van der Waals surface area contributed by atoms with E-state index >= 15 is 0 Å². The maximum atomic E-state index is 12.5. The highest BCUT2D eigenvalue weighted by Crippen LogP contribution is 2.33. The molecule has 1 aromatic carbocycles. The van der Waals surface area contributed by atoms with E-state index in [1.165, 1.54) is 0 Å². The molecule has 23 heavy (non-hydrogen) atoms. The summed E-state index contributed by atoms with van der Waals surface area (Å²) in [6.45, 7) is 1.70. The Bertz CT molecular complexity index is 596. The van der Waals surface area contributed by atoms with Crippen LogP contribution in [0.1, 0.15) is 12.8 Å². The quantitative estimate of drug-likeness (QED) is 0.892. The second kappa shape index (κ2) is 7.19. The minimum absolute atomic E-state index is 0. The van der Waals surface area contributed by atoms with Crippen molar-refractivity contribution in [3.63, 3.8) is 0 Å². The smallest absolute Gasteiger partial charge is 0.228 e. The van der Waals surface area contributed by atoms with Crippen molar-refractivity contribution in [2.75, 3.05) is 31.6 Å². The predicted octanol–water partition coefficient (Wildman–Crippen LogP) is 1.03. The number of halogens is 1. The molecule has 2 heterocycles. The average Bonchev–Trinajstić information content (AvgIpc) is 3.12. The van der Waals surface area contributed by atoms with Gasteiger partial charge in [-0.2, -0.15) is 0 Å². The van der Waals surface area contributed by atoms with Gasteiger partial charge in [0.25, 0.3) is 0 Å². The molecule has 0 radical (unpaired) electrons. The number of hydrogen-bond donors (Lipinski definition) is 1. The van der Waals surface area contributed by atoms with E-state index in [1.54, 1.807) is 16.9 Å². The van der Waals surface area contributed by atoms with Crippen molar-refractivity contribution in [1.29, 1.82) is 0 Å². The van der Waals surface area contributed by atoms with Gasteiger partial charge in [0.15, 0.2) is 0 Å². The Morgan fingerprint density at radius 3 is 2.70 bits per heavy atom. The van der Waals surface area contributed by atoms with Gasteiger partial charge < -0.3 is 20.3 Å². The molecule has 2 aliphatic rings. The van der Waals surface area contributed by atoms with Gasteiger partial charge in [-0.25, -0.2) is 0 Å². The number of rotatable bonds is 3. The average molecular weight is 340 g/mol. The number of carbonyl (C=O) groups is 2. The molecule has 0 aliphatic carbocycles. The Morgan fingerprint density at radius 2 is 2.04 bits per heavy atom. The van der Waals surface area contributed by atoms with E-state index in [0.717, 1.165) is 12.1 Å². The van der Waals surface area contributed by atoms with E-state index < -0.39 is 0 Å². The number of amides is 2. The summed E-state index contributed by atoms with van der Waals surface area (Å²) in [5.41, 5.74) is 6.58. The number of nitrogens with two attached hydrogens (primary N) is 1. The molecule has 2 aliphatic heterocycles. The number of likely N-dealkylation sites (tertiary alicyclic amines) is 1. The van der Waals surface area contributed by atoms with Crippen molar-refractivity contribution in [2.24, 2.45) is 11.7 Å². The Kier molecular flexibility index (Phi) is 5.49. The number of nitrogens with zero attached hydrogens (tertiary/aromatic N) is 2. The molecule has 126 valence electrons. The Labute approximate surface area is 142 Å². The summed E-state index contributed by atoms with van der Waals surface area (Å²) < 4.78 is 5.31. The van der Waals surface area contributed by atoms with Gasteiger partial charge in [-0.15, -0.1) is 12.4 Å².